The predicted molar refractivity (Wildman–Crippen MR) is 240 cm³/mol. The Morgan fingerprint density at radius 3 is 2.45 bits per heavy atom. The Bertz CT molecular complexity index is 3350. The number of carbonyl (C=O) groups excluding carboxylic acids is 1. The van der Waals surface area contributed by atoms with Crippen molar-refractivity contribution in [2.24, 2.45) is 13.0 Å². The number of aromatic nitrogens is 9. The summed E-state index contributed by atoms with van der Waals surface area (Å²) in [5.74, 6) is 0.0986. The summed E-state index contributed by atoms with van der Waals surface area (Å²) in [5.41, 5.74) is 5.97. The molecule has 1 unspecified atom stereocenters. The molecule has 4 aliphatic rings. The van der Waals surface area contributed by atoms with Crippen molar-refractivity contribution in [3.05, 3.63) is 140 Å². The van der Waals surface area contributed by atoms with Gasteiger partial charge in [-0.2, -0.15) is 10.2 Å². The molecule has 0 bridgehead atoms. The zero-order chi connectivity index (χ0) is 44.5. The Morgan fingerprint density at radius 2 is 1.69 bits per heavy atom. The molecular weight excluding hydrogens is 828 g/mol. The van der Waals surface area contributed by atoms with E-state index in [4.69, 9.17) is 14.4 Å². The van der Waals surface area contributed by atoms with Gasteiger partial charge in [-0.1, -0.05) is 31.0 Å². The molecule has 2 saturated carbocycles. The van der Waals surface area contributed by atoms with Gasteiger partial charge in [-0.3, -0.25) is 28.1 Å². The monoisotopic (exact) mass is 876 g/mol. The van der Waals surface area contributed by atoms with Crippen LogP contribution in [0.3, 0.4) is 0 Å². The minimum absolute atomic E-state index is 0.0398. The van der Waals surface area contributed by atoms with E-state index in [2.05, 4.69) is 44.9 Å². The lowest BCUT2D eigenvalue weighted by molar-refractivity contribution is -0.0804. The highest BCUT2D eigenvalue weighted by atomic mass is 19.1. The van der Waals surface area contributed by atoms with Gasteiger partial charge in [0.1, 0.15) is 22.9 Å². The highest BCUT2D eigenvalue weighted by molar-refractivity contribution is 5.99. The van der Waals surface area contributed by atoms with Gasteiger partial charge in [-0.25, -0.2) is 18.7 Å². The molecule has 65 heavy (non-hydrogen) atoms. The number of aromatic amines is 1. The van der Waals surface area contributed by atoms with E-state index in [9.17, 15) is 9.59 Å². The van der Waals surface area contributed by atoms with Crippen molar-refractivity contribution < 1.29 is 18.4 Å². The molecular formula is C49H49FN10O5. The minimum atomic E-state index is -0.808. The first kappa shape index (κ1) is 39.8. The average Bonchev–Trinajstić information content (AvgIpc) is 4.05. The van der Waals surface area contributed by atoms with Gasteiger partial charge in [0.05, 0.1) is 40.9 Å². The first-order valence-electron chi connectivity index (χ1n) is 22.7. The van der Waals surface area contributed by atoms with E-state index in [1.165, 1.54) is 18.4 Å². The third-order valence-electron chi connectivity index (χ3n) is 15.0. The third-order valence-corrected chi connectivity index (χ3v) is 15.0. The second-order valence-electron chi connectivity index (χ2n) is 18.9. The van der Waals surface area contributed by atoms with Crippen molar-refractivity contribution in [3.63, 3.8) is 0 Å². The number of hydrogen-bond acceptors (Lipinski definition) is 8. The number of H-pyrrole nitrogens is 1. The highest BCUT2D eigenvalue weighted by Gasteiger charge is 2.59. The minimum Gasteiger partial charge on any atom is -0.375 e. The number of amides is 1. The number of imidazole rings is 1. The summed E-state index contributed by atoms with van der Waals surface area (Å²) >= 11 is 0. The van der Waals surface area contributed by atoms with Crippen LogP contribution in [0, 0.1) is 25.6 Å². The van der Waals surface area contributed by atoms with Gasteiger partial charge in [0.15, 0.2) is 5.82 Å². The third kappa shape index (κ3) is 6.09. The van der Waals surface area contributed by atoms with Gasteiger partial charge >= 0.3 is 11.4 Å². The molecule has 3 atom stereocenters. The molecule has 2 aliphatic carbocycles. The summed E-state index contributed by atoms with van der Waals surface area (Å²) < 4.78 is 35.3. The van der Waals surface area contributed by atoms with Gasteiger partial charge in [-0.05, 0) is 123 Å². The van der Waals surface area contributed by atoms with Crippen LogP contribution in [-0.4, -0.2) is 73.0 Å². The quantitative estimate of drug-likeness (QED) is 0.175. The molecule has 16 heteroatoms. The van der Waals surface area contributed by atoms with Crippen molar-refractivity contribution in [1.29, 1.82) is 0 Å². The van der Waals surface area contributed by atoms with Crippen LogP contribution < -0.4 is 11.4 Å². The van der Waals surface area contributed by atoms with Crippen LogP contribution in [0.5, 0.6) is 0 Å². The topological polar surface area (TPSA) is 156 Å². The smallest absolute Gasteiger partial charge is 0.375 e. The molecule has 1 spiro atoms. The number of benzene rings is 3. The molecule has 3 fully saturated rings. The number of rotatable bonds is 7. The lowest BCUT2D eigenvalue weighted by atomic mass is 9.80. The summed E-state index contributed by atoms with van der Waals surface area (Å²) in [6.45, 7) is 6.78. The number of fused-ring (bicyclic) bond motifs is 3. The molecule has 0 radical (unpaired) electrons. The average molecular weight is 877 g/mol. The van der Waals surface area contributed by atoms with Gasteiger partial charge in [-0.15, -0.1) is 0 Å². The molecule has 2 aliphatic heterocycles. The Hall–Kier alpha value is -6.81. The molecule has 5 aromatic heterocycles. The largest absolute Gasteiger partial charge is 0.438 e. The zero-order valence-electron chi connectivity index (χ0n) is 36.8. The van der Waals surface area contributed by atoms with Gasteiger partial charge in [0, 0.05) is 60.9 Å². The Morgan fingerprint density at radius 1 is 0.923 bits per heavy atom. The first-order valence-corrected chi connectivity index (χ1v) is 22.7. The number of aryl methyl sites for hydroxylation is 3. The summed E-state index contributed by atoms with van der Waals surface area (Å²) in [5, 5.41) is 15.5. The molecule has 15 nitrogen and oxygen atoms in total. The summed E-state index contributed by atoms with van der Waals surface area (Å²) in [6.07, 6.45) is 12.8. The van der Waals surface area contributed by atoms with Crippen LogP contribution in [0.15, 0.2) is 87.3 Å². The molecule has 332 valence electrons. The summed E-state index contributed by atoms with van der Waals surface area (Å²) in [6, 6.07) is 17.8. The van der Waals surface area contributed by atoms with Gasteiger partial charge in [0.25, 0.3) is 5.91 Å². The van der Waals surface area contributed by atoms with Crippen LogP contribution in [0.2, 0.25) is 0 Å². The molecule has 12 rings (SSSR count). The number of hydrogen-bond donors (Lipinski definition) is 1. The number of ether oxygens (including phenoxy) is 1. The molecule has 7 heterocycles. The second-order valence-corrected chi connectivity index (χ2v) is 18.9. The fraction of sp³-hybridized carbons (Fsp3) is 0.388. The van der Waals surface area contributed by atoms with Gasteiger partial charge < -0.3 is 14.2 Å². The summed E-state index contributed by atoms with van der Waals surface area (Å²) in [7, 11) is 1.87. The van der Waals surface area contributed by atoms with Crippen molar-refractivity contribution in [1.82, 2.24) is 48.3 Å². The van der Waals surface area contributed by atoms with E-state index in [1.54, 1.807) is 63.1 Å². The molecule has 1 N–H and O–H groups in total. The lowest BCUT2D eigenvalue weighted by Gasteiger charge is -2.38. The SMILES string of the molecule is Cc1cc(-n2nc3c(c2-n2ccn(-c4ccc5c(cnn5C)c4)c2=O)CN(C(=O)c2cc4cc(C5CCOC6(CCCC6)C5)ccc4n2[C@@]2(c4noc(=O)[nH]4)C[C@@H]2C)CC3)cc(C)c1F. The van der Waals surface area contributed by atoms with Crippen LogP contribution in [0.1, 0.15) is 102 Å². The van der Waals surface area contributed by atoms with Crippen LogP contribution in [0.4, 0.5) is 4.39 Å². The molecule has 1 saturated heterocycles. The Kier molecular flexibility index (Phi) is 8.77. The lowest BCUT2D eigenvalue weighted by Crippen LogP contribution is -2.39. The van der Waals surface area contributed by atoms with E-state index in [0.717, 1.165) is 59.8 Å². The number of halogens is 1. The van der Waals surface area contributed by atoms with E-state index >= 15 is 9.18 Å². The van der Waals surface area contributed by atoms with Crippen LogP contribution in [0.25, 0.3) is 39.0 Å². The number of carbonyl (C=O) groups is 1. The maximum absolute atomic E-state index is 15.4. The molecule has 8 aromatic rings. The standard InChI is InChI=1S/C49H49FN10O5/c1-28-19-36(20-29(2)42(28)50)60-43(58-17-16-57(47(58)63)35-8-10-39-34(22-35)26-51-55(39)4)37-27-56(15-11-38(37)53-60)44(61)41-23-33-21-31(32-12-18-64-48(25-32)13-5-6-14-48)7-9-40(33)59(41)49(24-30(49)3)45-52-46(62)65-54-45/h7-10,16-17,19-23,26,30,32H,5-6,11-15,18,24-25,27H2,1-4H3,(H,52,54,62)/t30-,32?,49-/m0/s1. The maximum atomic E-state index is 15.4. The summed E-state index contributed by atoms with van der Waals surface area (Å²) in [4.78, 5) is 47.1. The van der Waals surface area contributed by atoms with Crippen LogP contribution in [-0.2, 0) is 30.3 Å². The maximum Gasteiger partial charge on any atom is 0.438 e. The van der Waals surface area contributed by atoms with E-state index in [0.29, 0.717) is 70.7 Å². The fourth-order valence-corrected chi connectivity index (χ4v) is 11.5. The van der Waals surface area contributed by atoms with Crippen LogP contribution >= 0.6 is 0 Å². The van der Waals surface area contributed by atoms with E-state index < -0.39 is 11.3 Å². The predicted octanol–water partition coefficient (Wildman–Crippen LogP) is 7.28. The fourth-order valence-electron chi connectivity index (χ4n) is 11.5. The van der Waals surface area contributed by atoms with Crippen molar-refractivity contribution >= 4 is 27.7 Å². The Labute approximate surface area is 372 Å². The van der Waals surface area contributed by atoms with Crippen molar-refractivity contribution in [2.75, 3.05) is 13.2 Å². The zero-order valence-corrected chi connectivity index (χ0v) is 36.8. The number of nitrogens with zero attached hydrogens (tertiary/aromatic N) is 9. The normalized spacial score (nSPS) is 21.5. The Balaban J connectivity index is 0.970. The highest BCUT2D eigenvalue weighted by Crippen LogP contribution is 2.56. The molecule has 1 amide bonds. The second kappa shape index (κ2) is 14.3. The first-order chi connectivity index (χ1) is 31.4. The number of nitrogens with one attached hydrogen (secondary N) is 1. The van der Waals surface area contributed by atoms with Crippen molar-refractivity contribution in [3.8, 4) is 17.2 Å². The molecule has 3 aromatic carbocycles. The van der Waals surface area contributed by atoms with E-state index in [1.807, 2.05) is 36.2 Å². The van der Waals surface area contributed by atoms with Gasteiger partial charge in [0.2, 0.25) is 0 Å². The van der Waals surface area contributed by atoms with Crippen molar-refractivity contribution in [2.45, 2.75) is 95.7 Å². The van der Waals surface area contributed by atoms with E-state index in [-0.39, 0.29) is 35.5 Å².